The number of hydrogen-bond acceptors (Lipinski definition) is 3. The number of nitriles is 1. The number of nitrogens with one attached hydrogen (secondary N) is 1. The first kappa shape index (κ1) is 13.1. The lowest BCUT2D eigenvalue weighted by molar-refractivity contribution is 0.358. The van der Waals surface area contributed by atoms with Gasteiger partial charge in [-0.15, -0.1) is 11.3 Å². The minimum absolute atomic E-state index is 0.830. The zero-order chi connectivity index (χ0) is 13.1. The van der Waals surface area contributed by atoms with Gasteiger partial charge in [0.2, 0.25) is 0 Å². The fourth-order valence-electron chi connectivity index (χ4n) is 3.50. The number of fused-ring (bicyclic) bond motifs is 1. The molecule has 1 aromatic rings. The van der Waals surface area contributed by atoms with E-state index in [-0.39, 0.29) is 0 Å². The van der Waals surface area contributed by atoms with Crippen molar-refractivity contribution in [3.63, 3.8) is 0 Å². The Kier molecular flexibility index (Phi) is 4.20. The van der Waals surface area contributed by atoms with Crippen molar-refractivity contribution in [1.29, 1.82) is 5.26 Å². The Labute approximate surface area is 119 Å². The lowest BCUT2D eigenvalue weighted by atomic mass is 9.86. The van der Waals surface area contributed by atoms with E-state index in [2.05, 4.69) is 11.4 Å². The molecule has 2 heterocycles. The Morgan fingerprint density at radius 3 is 2.84 bits per heavy atom. The lowest BCUT2D eigenvalue weighted by Gasteiger charge is -2.20. The zero-order valence-corrected chi connectivity index (χ0v) is 12.3. The van der Waals surface area contributed by atoms with Crippen LogP contribution in [0.25, 0.3) is 0 Å². The number of thiophene rings is 1. The van der Waals surface area contributed by atoms with Crippen LogP contribution in [0, 0.1) is 17.2 Å². The Bertz CT molecular complexity index is 478. The van der Waals surface area contributed by atoms with E-state index in [1.165, 1.54) is 53.8 Å². The molecule has 0 amide bonds. The van der Waals surface area contributed by atoms with E-state index in [4.69, 9.17) is 0 Å². The van der Waals surface area contributed by atoms with E-state index in [9.17, 15) is 5.26 Å². The summed E-state index contributed by atoms with van der Waals surface area (Å²) in [7, 11) is 0. The van der Waals surface area contributed by atoms with Crippen molar-refractivity contribution in [3.8, 4) is 6.07 Å². The fourth-order valence-corrected chi connectivity index (χ4v) is 4.88. The highest BCUT2D eigenvalue weighted by molar-refractivity contribution is 7.12. The van der Waals surface area contributed by atoms with Gasteiger partial charge in [0.25, 0.3) is 0 Å². The summed E-state index contributed by atoms with van der Waals surface area (Å²) in [6.45, 7) is 2.06. The molecular weight excluding hydrogens is 252 g/mol. The highest BCUT2D eigenvalue weighted by atomic mass is 32.1. The SMILES string of the molecule is N#Cc1c(CC2CCCCC2)sc2c1CCCNC2. The van der Waals surface area contributed by atoms with Gasteiger partial charge in [-0.05, 0) is 37.3 Å². The summed E-state index contributed by atoms with van der Waals surface area (Å²) in [6, 6.07) is 2.50. The second-order valence-electron chi connectivity index (χ2n) is 5.90. The van der Waals surface area contributed by atoms with Crippen molar-refractivity contribution in [1.82, 2.24) is 5.32 Å². The van der Waals surface area contributed by atoms with E-state index in [0.29, 0.717) is 0 Å². The molecule has 1 aromatic heterocycles. The van der Waals surface area contributed by atoms with E-state index < -0.39 is 0 Å². The third-order valence-corrected chi connectivity index (χ3v) is 5.79. The van der Waals surface area contributed by atoms with Crippen molar-refractivity contribution in [2.24, 2.45) is 5.92 Å². The van der Waals surface area contributed by atoms with Crippen LogP contribution in [0.15, 0.2) is 0 Å². The second-order valence-corrected chi connectivity index (χ2v) is 7.09. The van der Waals surface area contributed by atoms with Gasteiger partial charge in [-0.25, -0.2) is 0 Å². The first-order chi connectivity index (χ1) is 9.38. The summed E-state index contributed by atoms with van der Waals surface area (Å²) in [6.07, 6.45) is 10.3. The third kappa shape index (κ3) is 2.85. The average molecular weight is 274 g/mol. The van der Waals surface area contributed by atoms with Gasteiger partial charge < -0.3 is 5.32 Å². The summed E-state index contributed by atoms with van der Waals surface area (Å²) in [4.78, 5) is 2.81. The van der Waals surface area contributed by atoms with Gasteiger partial charge in [0.05, 0.1) is 5.56 Å². The van der Waals surface area contributed by atoms with E-state index in [1.807, 2.05) is 11.3 Å². The molecule has 0 bridgehead atoms. The third-order valence-electron chi connectivity index (χ3n) is 4.54. The van der Waals surface area contributed by atoms with Crippen molar-refractivity contribution in [2.75, 3.05) is 6.54 Å². The molecule has 1 saturated carbocycles. The molecule has 1 fully saturated rings. The predicted octanol–water partition coefficient (Wildman–Crippen LogP) is 3.78. The molecule has 3 rings (SSSR count). The predicted molar refractivity (Wildman–Crippen MR) is 79.3 cm³/mol. The van der Waals surface area contributed by atoms with Crippen LogP contribution in [0.3, 0.4) is 0 Å². The molecule has 2 aliphatic rings. The standard InChI is InChI=1S/C16H22N2S/c17-10-14-13-7-4-8-18-11-16(13)19-15(14)9-12-5-2-1-3-6-12/h12,18H,1-9,11H2. The van der Waals surface area contributed by atoms with Crippen LogP contribution in [-0.4, -0.2) is 6.54 Å². The van der Waals surface area contributed by atoms with Crippen LogP contribution in [0.2, 0.25) is 0 Å². The largest absolute Gasteiger partial charge is 0.312 e. The van der Waals surface area contributed by atoms with E-state index in [0.717, 1.165) is 37.4 Å². The number of nitrogens with zero attached hydrogens (tertiary/aromatic N) is 1. The smallest absolute Gasteiger partial charge is 0.101 e. The first-order valence-electron chi connectivity index (χ1n) is 7.62. The van der Waals surface area contributed by atoms with Crippen LogP contribution in [0.5, 0.6) is 0 Å². The Balaban J connectivity index is 1.82. The van der Waals surface area contributed by atoms with Crippen LogP contribution in [-0.2, 0) is 19.4 Å². The summed E-state index contributed by atoms with van der Waals surface area (Å²) < 4.78 is 0. The molecule has 19 heavy (non-hydrogen) atoms. The number of hydrogen-bond donors (Lipinski definition) is 1. The summed E-state index contributed by atoms with van der Waals surface area (Å²) in [5.74, 6) is 0.830. The lowest BCUT2D eigenvalue weighted by Crippen LogP contribution is -2.11. The molecule has 102 valence electrons. The quantitative estimate of drug-likeness (QED) is 0.891. The maximum absolute atomic E-state index is 9.52. The van der Waals surface area contributed by atoms with Gasteiger partial charge in [0.15, 0.2) is 0 Å². The molecule has 2 nitrogen and oxygen atoms in total. The molecule has 0 atom stereocenters. The topological polar surface area (TPSA) is 35.8 Å². The summed E-state index contributed by atoms with van der Waals surface area (Å²) in [5, 5.41) is 13.0. The Morgan fingerprint density at radius 2 is 2.05 bits per heavy atom. The summed E-state index contributed by atoms with van der Waals surface area (Å²) >= 11 is 1.91. The normalized spacial score (nSPS) is 20.6. The maximum atomic E-state index is 9.52. The highest BCUT2D eigenvalue weighted by Gasteiger charge is 2.22. The minimum atomic E-state index is 0.830. The molecular formula is C16H22N2S. The van der Waals surface area contributed by atoms with Crippen LogP contribution in [0.1, 0.15) is 59.4 Å². The Hall–Kier alpha value is -0.850. The van der Waals surface area contributed by atoms with Gasteiger partial charge in [0.1, 0.15) is 6.07 Å². The molecule has 0 saturated heterocycles. The van der Waals surface area contributed by atoms with Crippen LogP contribution < -0.4 is 5.32 Å². The van der Waals surface area contributed by atoms with Gasteiger partial charge in [-0.1, -0.05) is 32.1 Å². The van der Waals surface area contributed by atoms with E-state index in [1.54, 1.807) is 0 Å². The summed E-state index contributed by atoms with van der Waals surface area (Å²) in [5.41, 5.74) is 2.40. The molecule has 0 radical (unpaired) electrons. The molecule has 0 aromatic carbocycles. The fraction of sp³-hybridized carbons (Fsp3) is 0.688. The Morgan fingerprint density at radius 1 is 1.21 bits per heavy atom. The molecule has 1 aliphatic heterocycles. The monoisotopic (exact) mass is 274 g/mol. The second kappa shape index (κ2) is 6.07. The van der Waals surface area contributed by atoms with Crippen molar-refractivity contribution >= 4 is 11.3 Å². The van der Waals surface area contributed by atoms with Crippen LogP contribution >= 0.6 is 11.3 Å². The minimum Gasteiger partial charge on any atom is -0.312 e. The van der Waals surface area contributed by atoms with Crippen molar-refractivity contribution in [2.45, 2.75) is 57.9 Å². The van der Waals surface area contributed by atoms with E-state index >= 15 is 0 Å². The maximum Gasteiger partial charge on any atom is 0.101 e. The van der Waals surface area contributed by atoms with Crippen molar-refractivity contribution in [3.05, 3.63) is 20.9 Å². The zero-order valence-electron chi connectivity index (χ0n) is 11.5. The number of rotatable bonds is 2. The first-order valence-corrected chi connectivity index (χ1v) is 8.44. The van der Waals surface area contributed by atoms with Crippen LogP contribution in [0.4, 0.5) is 0 Å². The van der Waals surface area contributed by atoms with Gasteiger partial charge in [-0.2, -0.15) is 5.26 Å². The van der Waals surface area contributed by atoms with Gasteiger partial charge in [0, 0.05) is 16.3 Å². The van der Waals surface area contributed by atoms with Gasteiger partial charge in [-0.3, -0.25) is 0 Å². The van der Waals surface area contributed by atoms with Crippen molar-refractivity contribution < 1.29 is 0 Å². The molecule has 1 aliphatic carbocycles. The molecule has 1 N–H and O–H groups in total. The molecule has 0 unspecified atom stereocenters. The highest BCUT2D eigenvalue weighted by Crippen LogP contribution is 2.35. The van der Waals surface area contributed by atoms with Gasteiger partial charge >= 0.3 is 0 Å². The molecule has 0 spiro atoms. The molecule has 3 heteroatoms. The average Bonchev–Trinajstić information content (AvgIpc) is 2.61.